The van der Waals surface area contributed by atoms with Crippen LogP contribution in [0.3, 0.4) is 0 Å². The van der Waals surface area contributed by atoms with E-state index in [-0.39, 0.29) is 16.3 Å². The first kappa shape index (κ1) is 25.1. The molecule has 0 aliphatic carbocycles. The van der Waals surface area contributed by atoms with Crippen molar-refractivity contribution >= 4 is 43.4 Å². The largest absolute Gasteiger partial charge is 0.456 e. The van der Waals surface area contributed by atoms with Crippen molar-refractivity contribution in [2.75, 3.05) is 5.32 Å². The molecule has 4 aromatic carbocycles. The maximum Gasteiger partial charge on any atom is 0.259 e. The van der Waals surface area contributed by atoms with Gasteiger partial charge in [0.1, 0.15) is 17.3 Å². The Morgan fingerprint density at radius 2 is 1.64 bits per heavy atom. The van der Waals surface area contributed by atoms with Gasteiger partial charge in [-0.1, -0.05) is 58.4 Å². The Morgan fingerprint density at radius 3 is 2.33 bits per heavy atom. The number of amidine groups is 1. The summed E-state index contributed by atoms with van der Waals surface area (Å²) in [6, 6.07) is 24.9. The highest BCUT2D eigenvalue weighted by Crippen LogP contribution is 2.31. The molecular formula is C26H21BrN4O4S. The van der Waals surface area contributed by atoms with Crippen molar-refractivity contribution in [3.63, 3.8) is 0 Å². The van der Waals surface area contributed by atoms with Crippen LogP contribution in [0, 0.1) is 5.41 Å². The third-order valence-electron chi connectivity index (χ3n) is 5.21. The highest BCUT2D eigenvalue weighted by atomic mass is 79.9. The van der Waals surface area contributed by atoms with Crippen molar-refractivity contribution in [2.45, 2.75) is 4.90 Å². The topological polar surface area (TPSA) is 148 Å². The number of rotatable bonds is 7. The summed E-state index contributed by atoms with van der Waals surface area (Å²) in [5.74, 6) is 0.231. The SMILES string of the molecule is N=C(N)c1cccc(Oc2cc(Br)ccc2C(=O)Nc2ccc(-c3ccccc3S(N)(=O)=O)cc2)c1. The number of nitrogen functional groups attached to an aromatic ring is 1. The van der Waals surface area contributed by atoms with E-state index in [2.05, 4.69) is 21.2 Å². The number of primary sulfonamides is 1. The monoisotopic (exact) mass is 564 g/mol. The van der Waals surface area contributed by atoms with Crippen molar-refractivity contribution in [1.82, 2.24) is 0 Å². The Kier molecular flexibility index (Phi) is 7.20. The summed E-state index contributed by atoms with van der Waals surface area (Å²) < 4.78 is 30.5. The van der Waals surface area contributed by atoms with Crippen molar-refractivity contribution in [2.24, 2.45) is 10.9 Å². The summed E-state index contributed by atoms with van der Waals surface area (Å²) in [5.41, 5.74) is 7.95. The number of hydrogen-bond donors (Lipinski definition) is 4. The fourth-order valence-electron chi connectivity index (χ4n) is 3.51. The van der Waals surface area contributed by atoms with Gasteiger partial charge in [-0.25, -0.2) is 13.6 Å². The molecular weight excluding hydrogens is 544 g/mol. The molecule has 0 spiro atoms. The van der Waals surface area contributed by atoms with Crippen molar-refractivity contribution < 1.29 is 17.9 Å². The Labute approximate surface area is 216 Å². The molecule has 0 aromatic heterocycles. The number of amides is 1. The zero-order valence-corrected chi connectivity index (χ0v) is 21.1. The van der Waals surface area contributed by atoms with Crippen molar-refractivity contribution in [3.05, 3.63) is 107 Å². The van der Waals surface area contributed by atoms with E-state index < -0.39 is 15.9 Å². The van der Waals surface area contributed by atoms with Crippen molar-refractivity contribution in [1.29, 1.82) is 5.41 Å². The van der Waals surface area contributed by atoms with Gasteiger partial charge in [-0.3, -0.25) is 10.2 Å². The van der Waals surface area contributed by atoms with Crippen molar-refractivity contribution in [3.8, 4) is 22.6 Å². The van der Waals surface area contributed by atoms with Crippen LogP contribution < -0.4 is 20.9 Å². The number of anilines is 1. The third kappa shape index (κ3) is 5.80. The number of hydrogen-bond acceptors (Lipinski definition) is 5. The maximum absolute atomic E-state index is 13.1. The van der Waals surface area contributed by atoms with Crippen LogP contribution in [0.15, 0.2) is 100 Å². The van der Waals surface area contributed by atoms with Crippen LogP contribution in [0.25, 0.3) is 11.1 Å². The van der Waals surface area contributed by atoms with Gasteiger partial charge in [0, 0.05) is 21.3 Å². The molecule has 0 atom stereocenters. The van der Waals surface area contributed by atoms with E-state index in [1.807, 2.05) is 0 Å². The summed E-state index contributed by atoms with van der Waals surface area (Å²) in [6.45, 7) is 0. The molecule has 6 N–H and O–H groups in total. The van der Waals surface area contributed by atoms with E-state index >= 15 is 0 Å². The molecule has 0 aliphatic heterocycles. The first-order chi connectivity index (χ1) is 17.1. The molecule has 0 radical (unpaired) electrons. The Hall–Kier alpha value is -3.99. The van der Waals surface area contributed by atoms with Gasteiger partial charge in [0.05, 0.1) is 10.5 Å². The second-order valence-electron chi connectivity index (χ2n) is 7.76. The van der Waals surface area contributed by atoms with Gasteiger partial charge >= 0.3 is 0 Å². The lowest BCUT2D eigenvalue weighted by molar-refractivity contribution is 0.102. The fourth-order valence-corrected chi connectivity index (χ4v) is 4.61. The van der Waals surface area contributed by atoms with E-state index in [0.29, 0.717) is 33.9 Å². The van der Waals surface area contributed by atoms with Gasteiger partial charge in [0.2, 0.25) is 10.0 Å². The highest BCUT2D eigenvalue weighted by Gasteiger charge is 2.17. The number of ether oxygens (including phenoxy) is 1. The molecule has 0 saturated carbocycles. The first-order valence-corrected chi connectivity index (χ1v) is 12.9. The molecule has 10 heteroatoms. The molecule has 8 nitrogen and oxygen atoms in total. The summed E-state index contributed by atoms with van der Waals surface area (Å²) in [5, 5.41) is 15.8. The van der Waals surface area contributed by atoms with Crippen LogP contribution in [0.4, 0.5) is 5.69 Å². The Morgan fingerprint density at radius 1 is 0.917 bits per heavy atom. The van der Waals surface area contributed by atoms with Gasteiger partial charge in [-0.15, -0.1) is 0 Å². The molecule has 0 heterocycles. The number of nitrogens with one attached hydrogen (secondary N) is 2. The van der Waals surface area contributed by atoms with E-state index in [1.54, 1.807) is 84.9 Å². The van der Waals surface area contributed by atoms with Crippen LogP contribution in [0.1, 0.15) is 15.9 Å². The lowest BCUT2D eigenvalue weighted by atomic mass is 10.1. The van der Waals surface area contributed by atoms with Crippen LogP contribution in [0.2, 0.25) is 0 Å². The van der Waals surface area contributed by atoms with E-state index in [0.717, 1.165) is 4.47 Å². The third-order valence-corrected chi connectivity index (χ3v) is 6.67. The second-order valence-corrected chi connectivity index (χ2v) is 10.2. The quantitative estimate of drug-likeness (QED) is 0.182. The smallest absolute Gasteiger partial charge is 0.259 e. The number of benzene rings is 4. The zero-order chi connectivity index (χ0) is 25.9. The van der Waals surface area contributed by atoms with Gasteiger partial charge in [-0.05, 0) is 54.1 Å². The number of carbonyl (C=O) groups excluding carboxylic acids is 1. The minimum atomic E-state index is -3.89. The van der Waals surface area contributed by atoms with Crippen LogP contribution in [0.5, 0.6) is 11.5 Å². The van der Waals surface area contributed by atoms with Crippen LogP contribution >= 0.6 is 15.9 Å². The standard InChI is InChI=1S/C26H21BrN4O4S/c27-18-10-13-22(23(15-18)35-20-5-3-4-17(14-20)25(28)29)26(32)31-19-11-8-16(9-12-19)21-6-1-2-7-24(21)36(30,33)34/h1-15H,(H3,28,29)(H,31,32)(H2,30,33,34). The summed E-state index contributed by atoms with van der Waals surface area (Å²) in [6.07, 6.45) is 0. The average molecular weight is 565 g/mol. The molecule has 4 rings (SSSR count). The molecule has 0 fully saturated rings. The lowest BCUT2D eigenvalue weighted by Gasteiger charge is -2.13. The van der Waals surface area contributed by atoms with E-state index in [9.17, 15) is 13.2 Å². The number of sulfonamides is 1. The average Bonchev–Trinajstić information content (AvgIpc) is 2.84. The molecule has 0 aliphatic rings. The maximum atomic E-state index is 13.1. The van der Waals surface area contributed by atoms with Gasteiger partial charge in [-0.2, -0.15) is 0 Å². The molecule has 0 unspecified atom stereocenters. The van der Waals surface area contributed by atoms with Crippen LogP contribution in [-0.2, 0) is 10.0 Å². The van der Waals surface area contributed by atoms with E-state index in [4.69, 9.17) is 21.0 Å². The van der Waals surface area contributed by atoms with Gasteiger partial charge < -0.3 is 15.8 Å². The van der Waals surface area contributed by atoms with Crippen LogP contribution in [-0.4, -0.2) is 20.2 Å². The summed E-state index contributed by atoms with van der Waals surface area (Å²) in [7, 11) is -3.89. The predicted octanol–water partition coefficient (Wildman–Crippen LogP) is 5.09. The Balaban J connectivity index is 1.58. The first-order valence-electron chi connectivity index (χ1n) is 10.6. The summed E-state index contributed by atoms with van der Waals surface area (Å²) >= 11 is 3.40. The molecule has 1 amide bonds. The van der Waals surface area contributed by atoms with Gasteiger partial charge in [0.15, 0.2) is 0 Å². The minimum absolute atomic E-state index is 0.0206. The molecule has 182 valence electrons. The number of halogens is 1. The lowest BCUT2D eigenvalue weighted by Crippen LogP contribution is -2.14. The fraction of sp³-hybridized carbons (Fsp3) is 0. The Bertz CT molecular complexity index is 1570. The second kappa shape index (κ2) is 10.3. The minimum Gasteiger partial charge on any atom is -0.456 e. The number of carbonyl (C=O) groups is 1. The zero-order valence-electron chi connectivity index (χ0n) is 18.7. The highest BCUT2D eigenvalue weighted by molar-refractivity contribution is 9.10. The van der Waals surface area contributed by atoms with E-state index in [1.165, 1.54) is 6.07 Å². The summed E-state index contributed by atoms with van der Waals surface area (Å²) in [4.78, 5) is 13.1. The molecule has 36 heavy (non-hydrogen) atoms. The normalized spacial score (nSPS) is 11.1. The molecule has 0 bridgehead atoms. The predicted molar refractivity (Wildman–Crippen MR) is 143 cm³/mol. The molecule has 4 aromatic rings. The van der Waals surface area contributed by atoms with Gasteiger partial charge in [0.25, 0.3) is 5.91 Å². The number of nitrogens with two attached hydrogens (primary N) is 2. The molecule has 0 saturated heterocycles.